The molecule has 4 nitrogen and oxygen atoms in total. The van der Waals surface area contributed by atoms with Crippen LogP contribution >= 0.6 is 11.6 Å². The molecule has 2 aromatic carbocycles. The molecule has 0 fully saturated rings. The van der Waals surface area contributed by atoms with Crippen LogP contribution in [0, 0.1) is 0 Å². The number of para-hydroxylation sites is 1. The molecule has 0 bridgehead atoms. The summed E-state index contributed by atoms with van der Waals surface area (Å²) in [6, 6.07) is 15.5. The first kappa shape index (κ1) is 15.6. The molecule has 3 rings (SSSR count). The molecule has 5 heteroatoms. The number of hydrazone groups is 1. The van der Waals surface area contributed by atoms with Gasteiger partial charge in [-0.2, -0.15) is 5.10 Å². The highest BCUT2D eigenvalue weighted by Gasteiger charge is 2.18. The number of fused-ring (bicyclic) bond motifs is 1. The van der Waals surface area contributed by atoms with Crippen LogP contribution < -0.4 is 10.3 Å². The summed E-state index contributed by atoms with van der Waals surface area (Å²) in [6.45, 7) is 1.21. The Labute approximate surface area is 140 Å². The average Bonchev–Trinajstić information content (AvgIpc) is 2.57. The van der Waals surface area contributed by atoms with Crippen molar-refractivity contribution in [1.29, 1.82) is 0 Å². The van der Waals surface area contributed by atoms with Gasteiger partial charge in [0, 0.05) is 17.3 Å². The van der Waals surface area contributed by atoms with E-state index in [1.165, 1.54) is 5.56 Å². The Hall–Kier alpha value is -2.33. The molecule has 0 radical (unpaired) electrons. The fourth-order valence-electron chi connectivity index (χ4n) is 2.71. The first-order valence-electron chi connectivity index (χ1n) is 7.63. The first-order chi connectivity index (χ1) is 11.2. The number of hydrogen-bond donors (Lipinski definition) is 1. The minimum absolute atomic E-state index is 0.119. The van der Waals surface area contributed by atoms with E-state index in [4.69, 9.17) is 11.6 Å². The molecule has 1 heterocycles. The molecule has 0 aromatic heterocycles. The van der Waals surface area contributed by atoms with E-state index in [-0.39, 0.29) is 5.91 Å². The Balaban J connectivity index is 1.57. The highest BCUT2D eigenvalue weighted by atomic mass is 35.5. The van der Waals surface area contributed by atoms with Crippen LogP contribution in [0.5, 0.6) is 0 Å². The minimum atomic E-state index is -0.119. The zero-order valence-electron chi connectivity index (χ0n) is 12.7. The molecular weight excluding hydrogens is 310 g/mol. The van der Waals surface area contributed by atoms with Gasteiger partial charge in [-0.05, 0) is 42.2 Å². The summed E-state index contributed by atoms with van der Waals surface area (Å²) in [5, 5.41) is 4.67. The maximum absolute atomic E-state index is 12.1. The third-order valence-electron chi connectivity index (χ3n) is 3.81. The molecule has 1 amide bonds. The van der Waals surface area contributed by atoms with Gasteiger partial charge in [0.25, 0.3) is 5.91 Å². The minimum Gasteiger partial charge on any atom is -0.362 e. The fourth-order valence-corrected chi connectivity index (χ4v) is 2.84. The number of benzene rings is 2. The van der Waals surface area contributed by atoms with Crippen molar-refractivity contribution < 1.29 is 4.79 Å². The molecule has 1 aliphatic rings. The second kappa shape index (κ2) is 7.29. The normalized spacial score (nSPS) is 13.9. The van der Waals surface area contributed by atoms with Crippen LogP contribution in [0.4, 0.5) is 5.69 Å². The summed E-state index contributed by atoms with van der Waals surface area (Å²) >= 11 is 5.83. The molecule has 1 N–H and O–H groups in total. The summed E-state index contributed by atoms with van der Waals surface area (Å²) in [4.78, 5) is 14.2. The van der Waals surface area contributed by atoms with Crippen molar-refractivity contribution in [1.82, 2.24) is 5.43 Å². The summed E-state index contributed by atoms with van der Waals surface area (Å²) in [7, 11) is 0. The van der Waals surface area contributed by atoms with Crippen LogP contribution in [-0.2, 0) is 11.2 Å². The largest absolute Gasteiger partial charge is 0.362 e. The van der Waals surface area contributed by atoms with E-state index in [9.17, 15) is 4.79 Å². The van der Waals surface area contributed by atoms with Gasteiger partial charge in [0.1, 0.15) is 0 Å². The van der Waals surface area contributed by atoms with Crippen LogP contribution in [0.15, 0.2) is 53.6 Å². The standard InChI is InChI=1S/C18H18ClN3O/c19-16-9-7-14(8-10-16)12-20-21-18(23)13-22-11-3-5-15-4-1-2-6-17(15)22/h1-2,4,6-10,12H,3,5,11,13H2,(H,21,23). The molecule has 1 aliphatic heterocycles. The van der Waals surface area contributed by atoms with Gasteiger partial charge in [-0.25, -0.2) is 5.43 Å². The van der Waals surface area contributed by atoms with Crippen molar-refractivity contribution in [3.63, 3.8) is 0 Å². The number of amides is 1. The maximum atomic E-state index is 12.1. The summed E-state index contributed by atoms with van der Waals surface area (Å²) < 4.78 is 0. The van der Waals surface area contributed by atoms with Gasteiger partial charge in [0.2, 0.25) is 0 Å². The third-order valence-corrected chi connectivity index (χ3v) is 4.07. The van der Waals surface area contributed by atoms with Gasteiger partial charge >= 0.3 is 0 Å². The molecule has 0 atom stereocenters. The topological polar surface area (TPSA) is 44.7 Å². The average molecular weight is 328 g/mol. The smallest absolute Gasteiger partial charge is 0.259 e. The fraction of sp³-hybridized carbons (Fsp3) is 0.222. The predicted octanol–water partition coefficient (Wildman–Crippen LogP) is 3.24. The number of halogens is 1. The molecule has 0 unspecified atom stereocenters. The van der Waals surface area contributed by atoms with Crippen LogP contribution in [0.1, 0.15) is 17.5 Å². The van der Waals surface area contributed by atoms with E-state index in [0.29, 0.717) is 11.6 Å². The summed E-state index contributed by atoms with van der Waals surface area (Å²) in [6.07, 6.45) is 3.75. The van der Waals surface area contributed by atoms with E-state index < -0.39 is 0 Å². The summed E-state index contributed by atoms with van der Waals surface area (Å²) in [5.41, 5.74) is 5.92. The number of carbonyl (C=O) groups is 1. The van der Waals surface area contributed by atoms with Crippen LogP contribution in [0.2, 0.25) is 5.02 Å². The van der Waals surface area contributed by atoms with Crippen molar-refractivity contribution in [2.45, 2.75) is 12.8 Å². The number of hydrogen-bond acceptors (Lipinski definition) is 3. The van der Waals surface area contributed by atoms with E-state index in [1.54, 1.807) is 18.3 Å². The van der Waals surface area contributed by atoms with E-state index >= 15 is 0 Å². The summed E-state index contributed by atoms with van der Waals surface area (Å²) in [5.74, 6) is -0.119. The lowest BCUT2D eigenvalue weighted by Gasteiger charge is -2.30. The van der Waals surface area contributed by atoms with Crippen LogP contribution in [0.3, 0.4) is 0 Å². The molecule has 0 saturated heterocycles. The highest BCUT2D eigenvalue weighted by Crippen LogP contribution is 2.26. The molecule has 2 aromatic rings. The van der Waals surface area contributed by atoms with E-state index in [1.807, 2.05) is 24.3 Å². The van der Waals surface area contributed by atoms with Gasteiger partial charge in [-0.3, -0.25) is 4.79 Å². The van der Waals surface area contributed by atoms with Crippen molar-refractivity contribution in [2.75, 3.05) is 18.0 Å². The van der Waals surface area contributed by atoms with Gasteiger partial charge in [-0.15, -0.1) is 0 Å². The molecule has 118 valence electrons. The second-order valence-corrected chi connectivity index (χ2v) is 5.93. The lowest BCUT2D eigenvalue weighted by atomic mass is 10.0. The Kier molecular flexibility index (Phi) is 4.93. The Morgan fingerprint density at radius 2 is 2.00 bits per heavy atom. The van der Waals surface area contributed by atoms with Gasteiger partial charge in [-0.1, -0.05) is 41.9 Å². The molecule has 0 saturated carbocycles. The van der Waals surface area contributed by atoms with Crippen molar-refractivity contribution in [3.05, 3.63) is 64.7 Å². The van der Waals surface area contributed by atoms with Crippen LogP contribution in [-0.4, -0.2) is 25.2 Å². The van der Waals surface area contributed by atoms with Crippen LogP contribution in [0.25, 0.3) is 0 Å². The van der Waals surface area contributed by atoms with Crippen molar-refractivity contribution in [3.8, 4) is 0 Å². The second-order valence-electron chi connectivity index (χ2n) is 5.50. The van der Waals surface area contributed by atoms with Crippen molar-refractivity contribution >= 4 is 29.4 Å². The Bertz CT molecular complexity index is 712. The van der Waals surface area contributed by atoms with E-state index in [2.05, 4.69) is 27.6 Å². The Morgan fingerprint density at radius 1 is 1.22 bits per heavy atom. The maximum Gasteiger partial charge on any atom is 0.259 e. The number of nitrogens with zero attached hydrogens (tertiary/aromatic N) is 2. The van der Waals surface area contributed by atoms with Gasteiger partial charge in [0.05, 0.1) is 12.8 Å². The zero-order chi connectivity index (χ0) is 16.1. The zero-order valence-corrected chi connectivity index (χ0v) is 13.5. The molecular formula is C18H18ClN3O. The molecule has 0 spiro atoms. The number of carbonyl (C=O) groups excluding carboxylic acids is 1. The first-order valence-corrected chi connectivity index (χ1v) is 8.00. The lowest BCUT2D eigenvalue weighted by Crippen LogP contribution is -2.38. The quantitative estimate of drug-likeness (QED) is 0.692. The third kappa shape index (κ3) is 4.11. The van der Waals surface area contributed by atoms with Gasteiger partial charge < -0.3 is 4.90 Å². The monoisotopic (exact) mass is 327 g/mol. The highest BCUT2D eigenvalue weighted by molar-refractivity contribution is 6.30. The Morgan fingerprint density at radius 3 is 2.83 bits per heavy atom. The van der Waals surface area contributed by atoms with E-state index in [0.717, 1.165) is 30.6 Å². The molecule has 0 aliphatic carbocycles. The number of anilines is 1. The predicted molar refractivity (Wildman–Crippen MR) is 94.2 cm³/mol. The number of rotatable bonds is 4. The lowest BCUT2D eigenvalue weighted by molar-refractivity contribution is -0.119. The number of nitrogens with one attached hydrogen (secondary N) is 1. The SMILES string of the molecule is O=C(CN1CCCc2ccccc21)NN=Cc1ccc(Cl)cc1. The molecule has 23 heavy (non-hydrogen) atoms. The number of aryl methyl sites for hydroxylation is 1. The van der Waals surface area contributed by atoms with Crippen molar-refractivity contribution in [2.24, 2.45) is 5.10 Å². The van der Waals surface area contributed by atoms with Gasteiger partial charge in [0.15, 0.2) is 0 Å².